The number of nitrogen functional groups attached to an aromatic ring is 1. The molecule has 3 aliphatic rings. The predicted molar refractivity (Wildman–Crippen MR) is 145 cm³/mol. The number of allylic oxidation sites excluding steroid dienone is 1. The van der Waals surface area contributed by atoms with E-state index in [2.05, 4.69) is 24.8 Å². The molecular formula is C23H23N7O5S3. The van der Waals surface area contributed by atoms with E-state index in [1.165, 1.54) is 16.7 Å². The molecule has 38 heavy (non-hydrogen) atoms. The molecule has 1 aliphatic carbocycles. The molecule has 0 bridgehead atoms. The molecule has 2 fully saturated rings. The Morgan fingerprint density at radius 2 is 2.29 bits per heavy atom. The molecule has 0 radical (unpaired) electrons. The summed E-state index contributed by atoms with van der Waals surface area (Å²) in [4.78, 5) is 53.4. The summed E-state index contributed by atoms with van der Waals surface area (Å²) in [7, 11) is 0. The van der Waals surface area contributed by atoms with E-state index >= 15 is 0 Å². The van der Waals surface area contributed by atoms with Gasteiger partial charge in [-0.2, -0.15) is 9.36 Å². The van der Waals surface area contributed by atoms with Crippen molar-refractivity contribution in [2.45, 2.75) is 35.1 Å². The molecule has 4 heterocycles. The Morgan fingerprint density at radius 3 is 2.97 bits per heavy atom. The van der Waals surface area contributed by atoms with E-state index in [0.717, 1.165) is 41.7 Å². The standard InChI is InChI=1S/C23H23N7O5S3/c24-22-27-17(29-38-22)15(28-35-14-5-1-2-6-14)18(31)26-16-19(32)30-11-23(21(33)34,12-36-20(16)30)37-9-7-13-4-3-8-25-10-13/h1,3-5,7-10,14,16,20H,2,6,11-12H2,(H,26,31)(H,33,34)(H2,24,27,29)/t14?,16?,20-,23?/m1/s1. The number of rotatable bonds is 9. The Bertz CT molecular complexity index is 1320. The van der Waals surface area contributed by atoms with Crippen LogP contribution in [0.3, 0.4) is 0 Å². The molecule has 5 rings (SSSR count). The number of carboxylic acid groups (broad SMARTS) is 1. The Balaban J connectivity index is 1.25. The van der Waals surface area contributed by atoms with Crippen molar-refractivity contribution in [2.24, 2.45) is 5.16 Å². The molecule has 2 aromatic rings. The van der Waals surface area contributed by atoms with Crippen LogP contribution < -0.4 is 11.1 Å². The molecule has 2 amide bonds. The van der Waals surface area contributed by atoms with Gasteiger partial charge in [0.05, 0.1) is 0 Å². The van der Waals surface area contributed by atoms with E-state index in [9.17, 15) is 19.5 Å². The Kier molecular flexibility index (Phi) is 7.67. The summed E-state index contributed by atoms with van der Waals surface area (Å²) >= 11 is 3.37. The maximum atomic E-state index is 13.1. The first kappa shape index (κ1) is 26.2. The van der Waals surface area contributed by atoms with Crippen LogP contribution in [0.4, 0.5) is 5.13 Å². The molecule has 0 spiro atoms. The zero-order valence-electron chi connectivity index (χ0n) is 19.8. The lowest BCUT2D eigenvalue weighted by molar-refractivity contribution is -0.151. The van der Waals surface area contributed by atoms with Crippen molar-refractivity contribution in [1.82, 2.24) is 24.6 Å². The summed E-state index contributed by atoms with van der Waals surface area (Å²) < 4.78 is 2.84. The van der Waals surface area contributed by atoms with Crippen LogP contribution in [0.1, 0.15) is 24.2 Å². The monoisotopic (exact) mass is 573 g/mol. The number of aliphatic carboxylic acids is 1. The van der Waals surface area contributed by atoms with Gasteiger partial charge in [-0.25, -0.2) is 0 Å². The van der Waals surface area contributed by atoms with Crippen LogP contribution in [0.15, 0.2) is 47.2 Å². The number of hydrogen-bond acceptors (Lipinski definition) is 12. The number of nitrogens with zero attached hydrogens (tertiary/aromatic N) is 5. The molecule has 198 valence electrons. The highest BCUT2D eigenvalue weighted by Crippen LogP contribution is 2.44. The van der Waals surface area contributed by atoms with Crippen LogP contribution in [0.5, 0.6) is 0 Å². The van der Waals surface area contributed by atoms with E-state index in [0.29, 0.717) is 0 Å². The number of β-lactam (4-membered cyclic amide) rings is 1. The minimum Gasteiger partial charge on any atom is -0.480 e. The number of carbonyl (C=O) groups excluding carboxylic acids is 2. The first-order valence-corrected chi connectivity index (χ1v) is 14.3. The van der Waals surface area contributed by atoms with Gasteiger partial charge in [-0.05, 0) is 42.0 Å². The number of hydrogen-bond donors (Lipinski definition) is 3. The van der Waals surface area contributed by atoms with Crippen LogP contribution in [0.2, 0.25) is 0 Å². The fraction of sp³-hybridized carbons (Fsp3) is 0.348. The summed E-state index contributed by atoms with van der Waals surface area (Å²) in [6, 6.07) is 2.81. The van der Waals surface area contributed by atoms with Crippen LogP contribution in [-0.4, -0.2) is 82.4 Å². The number of fused-ring (bicyclic) bond motifs is 1. The molecule has 2 saturated heterocycles. The number of carboxylic acids is 1. The van der Waals surface area contributed by atoms with Crippen molar-refractivity contribution in [1.29, 1.82) is 0 Å². The lowest BCUT2D eigenvalue weighted by Gasteiger charge is -2.53. The van der Waals surface area contributed by atoms with Crippen molar-refractivity contribution in [3.05, 3.63) is 53.5 Å². The van der Waals surface area contributed by atoms with Gasteiger partial charge >= 0.3 is 5.97 Å². The fourth-order valence-corrected chi connectivity index (χ4v) is 7.16. The summed E-state index contributed by atoms with van der Waals surface area (Å²) in [6.45, 7) is 0.00942. The second kappa shape index (κ2) is 11.1. The first-order valence-electron chi connectivity index (χ1n) is 11.6. The van der Waals surface area contributed by atoms with Gasteiger partial charge in [0.25, 0.3) is 5.91 Å². The molecule has 15 heteroatoms. The number of oxime groups is 1. The topological polar surface area (TPSA) is 173 Å². The third kappa shape index (κ3) is 5.39. The van der Waals surface area contributed by atoms with Crippen LogP contribution >= 0.6 is 35.1 Å². The van der Waals surface area contributed by atoms with Crippen molar-refractivity contribution in [3.63, 3.8) is 0 Å². The number of carbonyl (C=O) groups is 3. The Morgan fingerprint density at radius 1 is 1.42 bits per heavy atom. The molecule has 4 N–H and O–H groups in total. The minimum absolute atomic E-state index is 0.00796. The van der Waals surface area contributed by atoms with E-state index < -0.39 is 28.0 Å². The third-order valence-corrected chi connectivity index (χ3v) is 9.51. The van der Waals surface area contributed by atoms with Gasteiger partial charge in [0.1, 0.15) is 22.3 Å². The maximum absolute atomic E-state index is 13.1. The Labute approximate surface area is 230 Å². The third-order valence-electron chi connectivity index (χ3n) is 6.09. The van der Waals surface area contributed by atoms with Crippen molar-refractivity contribution in [3.8, 4) is 0 Å². The van der Waals surface area contributed by atoms with E-state index in [1.807, 2.05) is 18.2 Å². The van der Waals surface area contributed by atoms with E-state index in [1.54, 1.807) is 29.9 Å². The molecule has 0 saturated carbocycles. The number of pyridine rings is 1. The summed E-state index contributed by atoms with van der Waals surface area (Å²) in [6.07, 6.45) is 10.2. The zero-order valence-corrected chi connectivity index (χ0v) is 22.2. The second-order valence-corrected chi connectivity index (χ2v) is 11.8. The number of amides is 2. The Hall–Kier alpha value is -3.43. The number of nitrogens with two attached hydrogens (primary N) is 1. The molecule has 12 nitrogen and oxygen atoms in total. The number of anilines is 1. The van der Waals surface area contributed by atoms with Crippen LogP contribution in [0.25, 0.3) is 6.08 Å². The average molecular weight is 574 g/mol. The van der Waals surface area contributed by atoms with Gasteiger partial charge in [0, 0.05) is 36.2 Å². The average Bonchev–Trinajstić information content (AvgIpc) is 3.60. The molecule has 4 atom stereocenters. The van der Waals surface area contributed by atoms with Crippen LogP contribution in [-0.2, 0) is 19.2 Å². The van der Waals surface area contributed by atoms with Gasteiger partial charge in [0.2, 0.25) is 17.4 Å². The van der Waals surface area contributed by atoms with Crippen molar-refractivity contribution >= 4 is 69.8 Å². The summed E-state index contributed by atoms with van der Waals surface area (Å²) in [5.41, 5.74) is 6.34. The fourth-order valence-electron chi connectivity index (χ4n) is 4.06. The molecule has 3 unspecified atom stereocenters. The van der Waals surface area contributed by atoms with Gasteiger partial charge in [0.15, 0.2) is 5.13 Å². The highest BCUT2D eigenvalue weighted by molar-refractivity contribution is 8.06. The maximum Gasteiger partial charge on any atom is 0.322 e. The van der Waals surface area contributed by atoms with Crippen LogP contribution in [0, 0.1) is 0 Å². The number of nitrogens with one attached hydrogen (secondary N) is 1. The first-order chi connectivity index (χ1) is 18.4. The van der Waals surface area contributed by atoms with Gasteiger partial charge in [-0.15, -0.1) is 23.5 Å². The smallest absolute Gasteiger partial charge is 0.322 e. The number of thioether (sulfide) groups is 2. The largest absolute Gasteiger partial charge is 0.480 e. The van der Waals surface area contributed by atoms with E-state index in [-0.39, 0.29) is 41.0 Å². The lowest BCUT2D eigenvalue weighted by Crippen LogP contribution is -2.74. The molecule has 2 aromatic heterocycles. The normalized spacial score (nSPS) is 26.7. The highest BCUT2D eigenvalue weighted by atomic mass is 32.2. The van der Waals surface area contributed by atoms with Gasteiger partial charge in [-0.1, -0.05) is 17.3 Å². The highest BCUT2D eigenvalue weighted by Gasteiger charge is 2.57. The van der Waals surface area contributed by atoms with Crippen molar-refractivity contribution < 1.29 is 24.3 Å². The molecular weight excluding hydrogens is 550 g/mol. The van der Waals surface area contributed by atoms with Crippen molar-refractivity contribution in [2.75, 3.05) is 18.0 Å². The van der Waals surface area contributed by atoms with Gasteiger partial charge in [-0.3, -0.25) is 19.4 Å². The van der Waals surface area contributed by atoms with Gasteiger partial charge < -0.3 is 25.9 Å². The minimum atomic E-state index is -1.22. The lowest BCUT2D eigenvalue weighted by atomic mass is 10.0. The predicted octanol–water partition coefficient (Wildman–Crippen LogP) is 1.58. The number of aromatic nitrogens is 3. The molecule has 0 aromatic carbocycles. The van der Waals surface area contributed by atoms with E-state index in [4.69, 9.17) is 10.6 Å². The zero-order chi connectivity index (χ0) is 26.7. The second-order valence-electron chi connectivity index (χ2n) is 8.67. The molecule has 2 aliphatic heterocycles. The SMILES string of the molecule is Nc1nc(C(=NOC2C=CCC2)C(=O)NC2C(=O)N3CC(SC=Cc4cccnc4)(C(=O)O)CS[C@H]23)ns1. The summed E-state index contributed by atoms with van der Waals surface area (Å²) in [5.74, 6) is -1.80. The quantitative estimate of drug-likeness (QED) is 0.172. The summed E-state index contributed by atoms with van der Waals surface area (Å²) in [5, 5.41) is 18.2.